The molecule has 1 aliphatic heterocycles. The summed E-state index contributed by atoms with van der Waals surface area (Å²) in [6, 6.07) is 21.7. The van der Waals surface area contributed by atoms with Crippen molar-refractivity contribution < 1.29 is 14.0 Å². The van der Waals surface area contributed by atoms with Gasteiger partial charge in [-0.05, 0) is 54.7 Å². The van der Waals surface area contributed by atoms with E-state index in [1.165, 1.54) is 17.4 Å². The minimum absolute atomic E-state index is 0.0465. The molecule has 5 rings (SSSR count). The Labute approximate surface area is 230 Å². The van der Waals surface area contributed by atoms with Crippen LogP contribution in [0.5, 0.6) is 0 Å². The fraction of sp³-hybridized carbons (Fsp3) is 0.233. The number of anilines is 1. The van der Waals surface area contributed by atoms with Gasteiger partial charge in [0.2, 0.25) is 5.91 Å². The summed E-state index contributed by atoms with van der Waals surface area (Å²) in [4.78, 5) is 32.2. The van der Waals surface area contributed by atoms with Crippen LogP contribution in [0.3, 0.4) is 0 Å². The number of amides is 2. The van der Waals surface area contributed by atoms with Gasteiger partial charge in [-0.15, -0.1) is 11.3 Å². The first kappa shape index (κ1) is 26.1. The molecule has 0 saturated carbocycles. The van der Waals surface area contributed by atoms with E-state index in [0.29, 0.717) is 47.9 Å². The normalized spacial score (nSPS) is 13.9. The molecule has 0 bridgehead atoms. The van der Waals surface area contributed by atoms with Crippen LogP contribution < -0.4 is 5.32 Å². The lowest BCUT2D eigenvalue weighted by Gasteiger charge is -2.31. The molecule has 1 N–H and O–H groups in total. The maximum Gasteiger partial charge on any atom is 0.275 e. The summed E-state index contributed by atoms with van der Waals surface area (Å²) in [5, 5.41) is 6.37. The van der Waals surface area contributed by atoms with Crippen LogP contribution in [0, 0.1) is 5.82 Å². The summed E-state index contributed by atoms with van der Waals surface area (Å²) >= 11 is 7.51. The zero-order chi connectivity index (χ0) is 26.5. The Morgan fingerprint density at radius 1 is 1.00 bits per heavy atom. The van der Waals surface area contributed by atoms with Crippen LogP contribution in [0.25, 0.3) is 11.1 Å². The second-order valence-corrected chi connectivity index (χ2v) is 10.7. The summed E-state index contributed by atoms with van der Waals surface area (Å²) in [5.41, 5.74) is 3.52. The Bertz CT molecular complexity index is 1430. The summed E-state index contributed by atoms with van der Waals surface area (Å²) in [6.07, 6.45) is 2.28. The number of carbonyl (C=O) groups is 2. The molecule has 38 heavy (non-hydrogen) atoms. The van der Waals surface area contributed by atoms with E-state index in [1.54, 1.807) is 23.6 Å². The zero-order valence-electron chi connectivity index (χ0n) is 20.7. The third kappa shape index (κ3) is 6.11. The second kappa shape index (κ2) is 11.9. The molecule has 0 aliphatic carbocycles. The predicted octanol–water partition coefficient (Wildman–Crippen LogP) is 7.19. The number of benzene rings is 3. The molecule has 8 heteroatoms. The van der Waals surface area contributed by atoms with Gasteiger partial charge in [-0.1, -0.05) is 60.1 Å². The molecule has 2 amide bonds. The monoisotopic (exact) mass is 547 g/mol. The van der Waals surface area contributed by atoms with E-state index >= 15 is 0 Å². The number of carbonyl (C=O) groups excluding carboxylic acids is 2. The molecule has 194 valence electrons. The highest BCUT2D eigenvalue weighted by molar-refractivity contribution is 7.10. The van der Waals surface area contributed by atoms with E-state index in [-0.39, 0.29) is 23.5 Å². The SMILES string of the molecule is O=C(Nc1ccccc1-c1ccc(Cl)cc1)c1csc(C2CCN(C(=O)CCc3ccccc3F)CC2)n1. The molecule has 1 aromatic heterocycles. The van der Waals surface area contributed by atoms with Gasteiger partial charge in [0.1, 0.15) is 11.5 Å². The standard InChI is InChI=1S/C30H27ClFN3O2S/c31-23-12-9-20(10-13-23)24-6-2-4-8-26(24)33-29(37)27-19-38-30(34-27)22-15-17-35(18-16-22)28(36)14-11-21-5-1-3-7-25(21)32/h1-10,12-13,19,22H,11,14-18H2,(H,33,37). The van der Waals surface area contributed by atoms with Crippen molar-refractivity contribution in [3.8, 4) is 11.1 Å². The zero-order valence-corrected chi connectivity index (χ0v) is 22.3. The van der Waals surface area contributed by atoms with Crippen LogP contribution in [0.4, 0.5) is 10.1 Å². The molecule has 0 atom stereocenters. The summed E-state index contributed by atoms with van der Waals surface area (Å²) in [5.74, 6) is -0.269. The van der Waals surface area contributed by atoms with Crippen molar-refractivity contribution in [2.45, 2.75) is 31.6 Å². The Morgan fingerprint density at radius 3 is 2.47 bits per heavy atom. The summed E-state index contributed by atoms with van der Waals surface area (Å²) in [6.45, 7) is 1.27. The maximum absolute atomic E-state index is 13.8. The Hall–Kier alpha value is -3.55. The third-order valence-electron chi connectivity index (χ3n) is 6.85. The van der Waals surface area contributed by atoms with Crippen LogP contribution in [0.1, 0.15) is 46.2 Å². The molecule has 5 nitrogen and oxygen atoms in total. The molecular weight excluding hydrogens is 521 g/mol. The van der Waals surface area contributed by atoms with Gasteiger partial charge in [0, 0.05) is 47.1 Å². The number of hydrogen-bond donors (Lipinski definition) is 1. The maximum atomic E-state index is 13.8. The van der Waals surface area contributed by atoms with Crippen molar-refractivity contribution in [1.82, 2.24) is 9.88 Å². The molecule has 1 aliphatic rings. The number of nitrogens with zero attached hydrogens (tertiary/aromatic N) is 2. The fourth-order valence-electron chi connectivity index (χ4n) is 4.72. The van der Waals surface area contributed by atoms with Crippen molar-refractivity contribution in [1.29, 1.82) is 0 Å². The lowest BCUT2D eigenvalue weighted by Crippen LogP contribution is -2.38. The highest BCUT2D eigenvalue weighted by Crippen LogP contribution is 2.32. The van der Waals surface area contributed by atoms with Gasteiger partial charge in [-0.2, -0.15) is 0 Å². The Balaban J connectivity index is 1.17. The van der Waals surface area contributed by atoms with Gasteiger partial charge in [0.25, 0.3) is 5.91 Å². The van der Waals surface area contributed by atoms with Crippen molar-refractivity contribution in [3.63, 3.8) is 0 Å². The Morgan fingerprint density at radius 2 is 1.71 bits per heavy atom. The number of para-hydroxylation sites is 1. The number of nitrogens with one attached hydrogen (secondary N) is 1. The predicted molar refractivity (Wildman–Crippen MR) is 150 cm³/mol. The van der Waals surface area contributed by atoms with Gasteiger partial charge < -0.3 is 10.2 Å². The van der Waals surface area contributed by atoms with E-state index < -0.39 is 0 Å². The molecule has 0 spiro atoms. The van der Waals surface area contributed by atoms with E-state index in [4.69, 9.17) is 11.6 Å². The lowest BCUT2D eigenvalue weighted by atomic mass is 9.97. The van der Waals surface area contributed by atoms with Crippen LogP contribution in [0.15, 0.2) is 78.2 Å². The molecule has 0 radical (unpaired) electrons. The lowest BCUT2D eigenvalue weighted by molar-refractivity contribution is -0.132. The largest absolute Gasteiger partial charge is 0.343 e. The topological polar surface area (TPSA) is 62.3 Å². The quantitative estimate of drug-likeness (QED) is 0.266. The molecule has 1 fully saturated rings. The molecule has 0 unspecified atom stereocenters. The average Bonchev–Trinajstić information content (AvgIpc) is 3.44. The molecule has 2 heterocycles. The number of aryl methyl sites for hydroxylation is 1. The second-order valence-electron chi connectivity index (χ2n) is 9.32. The van der Waals surface area contributed by atoms with Crippen molar-refractivity contribution in [2.24, 2.45) is 0 Å². The van der Waals surface area contributed by atoms with Crippen molar-refractivity contribution >= 4 is 40.4 Å². The smallest absolute Gasteiger partial charge is 0.275 e. The van der Waals surface area contributed by atoms with Gasteiger partial charge >= 0.3 is 0 Å². The highest BCUT2D eigenvalue weighted by Gasteiger charge is 2.26. The van der Waals surface area contributed by atoms with Gasteiger partial charge in [0.05, 0.1) is 5.01 Å². The van der Waals surface area contributed by atoms with E-state index in [1.807, 2.05) is 53.4 Å². The van der Waals surface area contributed by atoms with Gasteiger partial charge in [0.15, 0.2) is 0 Å². The first-order valence-corrected chi connectivity index (χ1v) is 13.9. The van der Waals surface area contributed by atoms with Gasteiger partial charge in [-0.3, -0.25) is 9.59 Å². The average molecular weight is 548 g/mol. The fourth-order valence-corrected chi connectivity index (χ4v) is 5.81. The first-order chi connectivity index (χ1) is 18.5. The minimum atomic E-state index is -0.268. The van der Waals surface area contributed by atoms with Crippen LogP contribution >= 0.6 is 22.9 Å². The van der Waals surface area contributed by atoms with Crippen molar-refractivity contribution in [2.75, 3.05) is 18.4 Å². The number of hydrogen-bond acceptors (Lipinski definition) is 4. The highest BCUT2D eigenvalue weighted by atomic mass is 35.5. The van der Waals surface area contributed by atoms with E-state index in [9.17, 15) is 14.0 Å². The number of thiazole rings is 1. The first-order valence-electron chi connectivity index (χ1n) is 12.6. The van der Waals surface area contributed by atoms with Crippen LogP contribution in [-0.4, -0.2) is 34.8 Å². The number of aromatic nitrogens is 1. The van der Waals surface area contributed by atoms with E-state index in [0.717, 1.165) is 29.0 Å². The van der Waals surface area contributed by atoms with E-state index in [2.05, 4.69) is 10.3 Å². The number of halogens is 2. The van der Waals surface area contributed by atoms with Gasteiger partial charge in [-0.25, -0.2) is 9.37 Å². The Kier molecular flexibility index (Phi) is 8.15. The third-order valence-corrected chi connectivity index (χ3v) is 8.11. The van der Waals surface area contributed by atoms with Crippen molar-refractivity contribution in [3.05, 3.63) is 105 Å². The molecule has 3 aromatic carbocycles. The molecular formula is C30H27ClFN3O2S. The number of piperidine rings is 1. The number of rotatable bonds is 7. The summed E-state index contributed by atoms with van der Waals surface area (Å²) < 4.78 is 13.8. The summed E-state index contributed by atoms with van der Waals surface area (Å²) in [7, 11) is 0. The van der Waals surface area contributed by atoms with Crippen LogP contribution in [0.2, 0.25) is 5.02 Å². The molecule has 1 saturated heterocycles. The number of likely N-dealkylation sites (tertiary alicyclic amines) is 1. The molecule has 4 aromatic rings. The van der Waals surface area contributed by atoms with Crippen LogP contribution in [-0.2, 0) is 11.2 Å². The minimum Gasteiger partial charge on any atom is -0.343 e.